The Kier molecular flexibility index (Phi) is 5.39. The van der Waals surface area contributed by atoms with E-state index in [1.54, 1.807) is 24.4 Å². The quantitative estimate of drug-likeness (QED) is 0.506. The van der Waals surface area contributed by atoms with Gasteiger partial charge in [0.2, 0.25) is 5.13 Å². The number of nitrogens with one attached hydrogen (secondary N) is 1. The van der Waals surface area contributed by atoms with Gasteiger partial charge in [-0.05, 0) is 24.6 Å². The standard InChI is InChI=1S/C14H14FN3O2S/c1-2-20-13(19)7-12-9-21-14(17-12)18-16-8-10-4-3-5-11(15)6-10/h3-6,8-9H,2,7H2,1H3,(H,17,18). The largest absolute Gasteiger partial charge is 0.466 e. The SMILES string of the molecule is CCOC(=O)Cc1csc(NN=Cc2cccc(F)c2)n1. The van der Waals surface area contributed by atoms with Crippen molar-refractivity contribution in [2.24, 2.45) is 5.10 Å². The molecule has 0 saturated heterocycles. The lowest BCUT2D eigenvalue weighted by Crippen LogP contribution is -2.07. The number of hydrogen-bond donors (Lipinski definition) is 1. The van der Waals surface area contributed by atoms with Crippen molar-refractivity contribution in [3.63, 3.8) is 0 Å². The molecule has 0 bridgehead atoms. The minimum Gasteiger partial charge on any atom is -0.466 e. The number of ether oxygens (including phenoxy) is 1. The van der Waals surface area contributed by atoms with E-state index in [4.69, 9.17) is 4.74 Å². The third-order valence-electron chi connectivity index (χ3n) is 2.41. The van der Waals surface area contributed by atoms with Gasteiger partial charge in [0.15, 0.2) is 0 Å². The molecular formula is C14H14FN3O2S. The van der Waals surface area contributed by atoms with Gasteiger partial charge in [-0.1, -0.05) is 12.1 Å². The van der Waals surface area contributed by atoms with E-state index < -0.39 is 0 Å². The minimum atomic E-state index is -0.315. The Morgan fingerprint density at radius 3 is 3.19 bits per heavy atom. The average molecular weight is 307 g/mol. The summed E-state index contributed by atoms with van der Waals surface area (Å²) in [7, 11) is 0. The molecule has 0 aliphatic heterocycles. The Bertz CT molecular complexity index is 643. The number of carbonyl (C=O) groups excluding carboxylic acids is 1. The van der Waals surface area contributed by atoms with Crippen molar-refractivity contribution in [1.82, 2.24) is 4.98 Å². The first-order valence-corrected chi connectivity index (χ1v) is 7.20. The summed E-state index contributed by atoms with van der Waals surface area (Å²) in [6, 6.07) is 6.09. The summed E-state index contributed by atoms with van der Waals surface area (Å²) in [6.07, 6.45) is 1.63. The molecule has 1 aromatic carbocycles. The second kappa shape index (κ2) is 7.49. The molecule has 2 aromatic rings. The van der Waals surface area contributed by atoms with Crippen LogP contribution in [0.4, 0.5) is 9.52 Å². The zero-order chi connectivity index (χ0) is 15.1. The van der Waals surface area contributed by atoms with Crippen molar-refractivity contribution in [2.75, 3.05) is 12.0 Å². The molecule has 1 heterocycles. The predicted octanol–water partition coefficient (Wildman–Crippen LogP) is 2.83. The number of hydrazone groups is 1. The van der Waals surface area contributed by atoms with Gasteiger partial charge in [0.25, 0.3) is 0 Å². The van der Waals surface area contributed by atoms with Gasteiger partial charge in [0, 0.05) is 5.38 Å². The molecule has 21 heavy (non-hydrogen) atoms. The summed E-state index contributed by atoms with van der Waals surface area (Å²) in [6.45, 7) is 2.11. The molecule has 0 aliphatic carbocycles. The number of aromatic nitrogens is 1. The monoisotopic (exact) mass is 307 g/mol. The Labute approximate surface area is 125 Å². The molecule has 0 unspecified atom stereocenters. The van der Waals surface area contributed by atoms with Crippen LogP contribution in [0.25, 0.3) is 0 Å². The maximum absolute atomic E-state index is 13.0. The normalized spacial score (nSPS) is 10.8. The van der Waals surface area contributed by atoms with Gasteiger partial charge < -0.3 is 4.74 Å². The van der Waals surface area contributed by atoms with Crippen molar-refractivity contribution in [3.05, 3.63) is 46.7 Å². The van der Waals surface area contributed by atoms with Gasteiger partial charge in [-0.2, -0.15) is 5.10 Å². The maximum atomic E-state index is 13.0. The van der Waals surface area contributed by atoms with E-state index in [0.29, 0.717) is 23.0 Å². The number of anilines is 1. The van der Waals surface area contributed by atoms with Crippen molar-refractivity contribution >= 4 is 28.7 Å². The van der Waals surface area contributed by atoms with Crippen LogP contribution in [0.5, 0.6) is 0 Å². The van der Waals surface area contributed by atoms with Crippen LogP contribution in [-0.2, 0) is 16.0 Å². The van der Waals surface area contributed by atoms with Crippen LogP contribution in [-0.4, -0.2) is 23.8 Å². The summed E-state index contributed by atoms with van der Waals surface area (Å²) in [5, 5.41) is 6.29. The van der Waals surface area contributed by atoms with Crippen molar-refractivity contribution in [1.29, 1.82) is 0 Å². The molecule has 2 rings (SSSR count). The van der Waals surface area contributed by atoms with E-state index in [1.807, 2.05) is 0 Å². The van der Waals surface area contributed by atoms with Crippen molar-refractivity contribution in [2.45, 2.75) is 13.3 Å². The second-order valence-electron chi connectivity index (χ2n) is 4.05. The highest BCUT2D eigenvalue weighted by Gasteiger charge is 2.07. The van der Waals surface area contributed by atoms with E-state index >= 15 is 0 Å². The first-order chi connectivity index (χ1) is 10.2. The Morgan fingerprint density at radius 2 is 2.43 bits per heavy atom. The van der Waals surface area contributed by atoms with Crippen LogP contribution in [0.1, 0.15) is 18.2 Å². The van der Waals surface area contributed by atoms with Gasteiger partial charge in [-0.3, -0.25) is 10.2 Å². The fraction of sp³-hybridized carbons (Fsp3) is 0.214. The van der Waals surface area contributed by atoms with Crippen molar-refractivity contribution in [3.8, 4) is 0 Å². The van der Waals surface area contributed by atoms with Crippen LogP contribution in [0.15, 0.2) is 34.7 Å². The lowest BCUT2D eigenvalue weighted by atomic mass is 10.2. The van der Waals surface area contributed by atoms with Gasteiger partial charge in [0.1, 0.15) is 5.82 Å². The van der Waals surface area contributed by atoms with Crippen LogP contribution < -0.4 is 5.43 Å². The van der Waals surface area contributed by atoms with Crippen LogP contribution in [0.3, 0.4) is 0 Å². The number of nitrogens with zero attached hydrogens (tertiary/aromatic N) is 2. The number of esters is 1. The summed E-state index contributed by atoms with van der Waals surface area (Å²) < 4.78 is 17.8. The van der Waals surface area contributed by atoms with Crippen LogP contribution in [0.2, 0.25) is 0 Å². The van der Waals surface area contributed by atoms with Crippen molar-refractivity contribution < 1.29 is 13.9 Å². The summed E-state index contributed by atoms with van der Waals surface area (Å²) >= 11 is 1.33. The predicted molar refractivity (Wildman–Crippen MR) is 80.1 cm³/mol. The molecule has 7 heteroatoms. The smallest absolute Gasteiger partial charge is 0.311 e. The molecule has 0 amide bonds. The van der Waals surface area contributed by atoms with Gasteiger partial charge >= 0.3 is 5.97 Å². The Hall–Kier alpha value is -2.28. The van der Waals surface area contributed by atoms with Gasteiger partial charge in [0.05, 0.1) is 24.9 Å². The molecule has 0 radical (unpaired) electrons. The van der Waals surface area contributed by atoms with Crippen LogP contribution in [0, 0.1) is 5.82 Å². The molecule has 0 atom stereocenters. The van der Waals surface area contributed by atoms with Gasteiger partial charge in [-0.25, -0.2) is 9.37 Å². The first kappa shape index (κ1) is 15.1. The highest BCUT2D eigenvalue weighted by Crippen LogP contribution is 2.16. The molecule has 0 spiro atoms. The second-order valence-corrected chi connectivity index (χ2v) is 4.91. The lowest BCUT2D eigenvalue weighted by Gasteiger charge is -1.98. The summed E-state index contributed by atoms with van der Waals surface area (Å²) in [4.78, 5) is 15.5. The molecule has 1 N–H and O–H groups in total. The summed E-state index contributed by atoms with van der Waals surface area (Å²) in [5.41, 5.74) is 4.01. The number of rotatable bonds is 6. The molecular weight excluding hydrogens is 293 g/mol. The maximum Gasteiger partial charge on any atom is 0.311 e. The van der Waals surface area contributed by atoms with Gasteiger partial charge in [-0.15, -0.1) is 11.3 Å². The fourth-order valence-corrected chi connectivity index (χ4v) is 2.21. The number of thiazole rings is 1. The molecule has 110 valence electrons. The number of carbonyl (C=O) groups is 1. The zero-order valence-electron chi connectivity index (χ0n) is 11.4. The highest BCUT2D eigenvalue weighted by molar-refractivity contribution is 7.13. The number of benzene rings is 1. The van der Waals surface area contributed by atoms with E-state index in [9.17, 15) is 9.18 Å². The number of hydrogen-bond acceptors (Lipinski definition) is 6. The molecule has 1 aromatic heterocycles. The highest BCUT2D eigenvalue weighted by atomic mass is 32.1. The van der Waals surface area contributed by atoms with E-state index in [0.717, 1.165) is 0 Å². The lowest BCUT2D eigenvalue weighted by molar-refractivity contribution is -0.142. The fourth-order valence-electron chi connectivity index (χ4n) is 1.55. The third kappa shape index (κ3) is 4.96. The topological polar surface area (TPSA) is 63.6 Å². The Balaban J connectivity index is 1.89. The average Bonchev–Trinajstić information content (AvgIpc) is 2.86. The molecule has 5 nitrogen and oxygen atoms in total. The molecule has 0 fully saturated rings. The molecule has 0 saturated carbocycles. The minimum absolute atomic E-state index is 0.139. The van der Waals surface area contributed by atoms with Crippen LogP contribution >= 0.6 is 11.3 Å². The van der Waals surface area contributed by atoms with E-state index in [2.05, 4.69) is 15.5 Å². The Morgan fingerprint density at radius 1 is 1.57 bits per heavy atom. The zero-order valence-corrected chi connectivity index (χ0v) is 12.2. The summed E-state index contributed by atoms with van der Waals surface area (Å²) in [5.74, 6) is -0.623. The van der Waals surface area contributed by atoms with E-state index in [-0.39, 0.29) is 18.2 Å². The third-order valence-corrected chi connectivity index (χ3v) is 3.20. The first-order valence-electron chi connectivity index (χ1n) is 6.32. The van der Waals surface area contributed by atoms with E-state index in [1.165, 1.54) is 29.7 Å². The molecule has 0 aliphatic rings. The number of halogens is 1.